The lowest BCUT2D eigenvalue weighted by Crippen LogP contribution is -2.40. The van der Waals surface area contributed by atoms with Crippen LogP contribution in [0.1, 0.15) is 18.1 Å². The van der Waals surface area contributed by atoms with Crippen molar-refractivity contribution < 1.29 is 18.7 Å². The first-order valence-electron chi connectivity index (χ1n) is 10.1. The van der Waals surface area contributed by atoms with E-state index in [-0.39, 0.29) is 37.9 Å². The SMILES string of the molecule is CC(=O)NCCN(C(=O)Cc1cccc(F)c1)c1nn(C)c2c1COc1ccc(Br)cc1-2. The molecule has 0 radical (unpaired) electrons. The van der Waals surface area contributed by atoms with Gasteiger partial charge in [-0.2, -0.15) is 5.10 Å². The van der Waals surface area contributed by atoms with Crippen molar-refractivity contribution in [2.24, 2.45) is 7.05 Å². The molecule has 0 saturated carbocycles. The van der Waals surface area contributed by atoms with Gasteiger partial charge >= 0.3 is 0 Å². The molecule has 166 valence electrons. The van der Waals surface area contributed by atoms with E-state index in [2.05, 4.69) is 26.3 Å². The number of anilines is 1. The van der Waals surface area contributed by atoms with Gasteiger partial charge in [0.25, 0.3) is 0 Å². The number of carbonyl (C=O) groups is 2. The molecule has 4 rings (SSSR count). The number of amides is 2. The van der Waals surface area contributed by atoms with Crippen LogP contribution in [0.25, 0.3) is 11.3 Å². The summed E-state index contributed by atoms with van der Waals surface area (Å²) >= 11 is 3.50. The van der Waals surface area contributed by atoms with Gasteiger partial charge in [-0.1, -0.05) is 28.1 Å². The Hall–Kier alpha value is -3.20. The maximum Gasteiger partial charge on any atom is 0.232 e. The molecule has 1 N–H and O–H groups in total. The van der Waals surface area contributed by atoms with Crippen LogP contribution >= 0.6 is 15.9 Å². The standard InChI is InChI=1S/C23H22BrFN4O3/c1-14(30)26-8-9-29(21(31)11-15-4-3-5-17(25)10-15)23-19-13-32-20-7-6-16(24)12-18(20)22(19)28(2)27-23/h3-7,10,12H,8-9,11,13H2,1-2H3,(H,26,30). The van der Waals surface area contributed by atoms with Crippen molar-refractivity contribution in [3.8, 4) is 17.0 Å². The molecule has 0 fully saturated rings. The predicted molar refractivity (Wildman–Crippen MR) is 122 cm³/mol. The highest BCUT2D eigenvalue weighted by molar-refractivity contribution is 9.10. The van der Waals surface area contributed by atoms with Gasteiger partial charge in [0.05, 0.1) is 17.7 Å². The van der Waals surface area contributed by atoms with Gasteiger partial charge in [0.15, 0.2) is 5.82 Å². The Kier molecular flexibility index (Phi) is 6.27. The van der Waals surface area contributed by atoms with E-state index in [9.17, 15) is 14.0 Å². The lowest BCUT2D eigenvalue weighted by Gasteiger charge is -2.24. The number of benzene rings is 2. The van der Waals surface area contributed by atoms with Gasteiger partial charge in [-0.15, -0.1) is 0 Å². The summed E-state index contributed by atoms with van der Waals surface area (Å²) in [5.74, 6) is 0.381. The third kappa shape index (κ3) is 4.52. The summed E-state index contributed by atoms with van der Waals surface area (Å²) in [6.45, 7) is 2.17. The summed E-state index contributed by atoms with van der Waals surface area (Å²) in [6, 6.07) is 11.7. The van der Waals surface area contributed by atoms with Gasteiger partial charge in [-0.25, -0.2) is 4.39 Å². The molecule has 32 heavy (non-hydrogen) atoms. The third-order valence-electron chi connectivity index (χ3n) is 5.20. The molecule has 0 saturated heterocycles. The molecule has 0 aliphatic carbocycles. The van der Waals surface area contributed by atoms with Crippen LogP contribution < -0.4 is 15.0 Å². The van der Waals surface area contributed by atoms with Crippen molar-refractivity contribution in [1.29, 1.82) is 0 Å². The second kappa shape index (κ2) is 9.12. The molecular weight excluding hydrogens is 479 g/mol. The van der Waals surface area contributed by atoms with Crippen molar-refractivity contribution >= 4 is 33.6 Å². The molecule has 3 aromatic rings. The average Bonchev–Trinajstić information content (AvgIpc) is 3.07. The molecule has 2 amide bonds. The summed E-state index contributed by atoms with van der Waals surface area (Å²) < 4.78 is 22.2. The van der Waals surface area contributed by atoms with E-state index in [0.717, 1.165) is 27.0 Å². The number of carbonyl (C=O) groups excluding carboxylic acids is 2. The van der Waals surface area contributed by atoms with E-state index in [1.807, 2.05) is 25.2 Å². The molecular formula is C23H22BrFN4O3. The maximum absolute atomic E-state index is 13.6. The van der Waals surface area contributed by atoms with E-state index >= 15 is 0 Å². The van der Waals surface area contributed by atoms with Crippen molar-refractivity contribution in [1.82, 2.24) is 15.1 Å². The van der Waals surface area contributed by atoms with E-state index in [4.69, 9.17) is 4.74 Å². The topological polar surface area (TPSA) is 76.5 Å². The molecule has 9 heteroatoms. The van der Waals surface area contributed by atoms with Crippen molar-refractivity contribution in [2.75, 3.05) is 18.0 Å². The number of aromatic nitrogens is 2. The van der Waals surface area contributed by atoms with Gasteiger partial charge < -0.3 is 10.1 Å². The predicted octanol–water partition coefficient (Wildman–Crippen LogP) is 3.59. The van der Waals surface area contributed by atoms with Crippen LogP contribution in [0.4, 0.5) is 10.2 Å². The molecule has 2 heterocycles. The molecule has 0 bridgehead atoms. The minimum atomic E-state index is -0.397. The number of hydrogen-bond acceptors (Lipinski definition) is 4. The number of halogens is 2. The largest absolute Gasteiger partial charge is 0.488 e. The molecule has 1 aromatic heterocycles. The van der Waals surface area contributed by atoms with E-state index < -0.39 is 5.82 Å². The second-order valence-corrected chi connectivity index (χ2v) is 8.45. The zero-order valence-electron chi connectivity index (χ0n) is 17.7. The van der Waals surface area contributed by atoms with Crippen LogP contribution in [0.2, 0.25) is 0 Å². The monoisotopic (exact) mass is 500 g/mol. The second-order valence-electron chi connectivity index (χ2n) is 7.54. The smallest absolute Gasteiger partial charge is 0.232 e. The number of ether oxygens (including phenoxy) is 1. The van der Waals surface area contributed by atoms with Gasteiger partial charge in [-0.05, 0) is 35.9 Å². The number of nitrogens with one attached hydrogen (secondary N) is 1. The Balaban J connectivity index is 1.71. The molecule has 0 unspecified atom stereocenters. The van der Waals surface area contributed by atoms with E-state index in [1.54, 1.807) is 16.8 Å². The first kappa shape index (κ1) is 22.0. The summed E-state index contributed by atoms with van der Waals surface area (Å²) in [7, 11) is 1.82. The summed E-state index contributed by atoms with van der Waals surface area (Å²) in [5.41, 5.74) is 3.09. The molecule has 0 atom stereocenters. The maximum atomic E-state index is 13.6. The minimum Gasteiger partial charge on any atom is -0.488 e. The number of aryl methyl sites for hydroxylation is 1. The zero-order chi connectivity index (χ0) is 22.8. The van der Waals surface area contributed by atoms with Crippen LogP contribution in [-0.4, -0.2) is 34.7 Å². The average molecular weight is 501 g/mol. The summed E-state index contributed by atoms with van der Waals surface area (Å²) in [4.78, 5) is 26.2. The first-order chi connectivity index (χ1) is 15.3. The van der Waals surface area contributed by atoms with Crippen LogP contribution in [0, 0.1) is 5.82 Å². The Morgan fingerprint density at radius 2 is 2.09 bits per heavy atom. The molecule has 7 nitrogen and oxygen atoms in total. The highest BCUT2D eigenvalue weighted by Crippen LogP contribution is 2.42. The van der Waals surface area contributed by atoms with Crippen molar-refractivity contribution in [3.05, 3.63) is 63.9 Å². The number of fused-ring (bicyclic) bond motifs is 3. The first-order valence-corrected chi connectivity index (χ1v) is 10.9. The molecule has 1 aliphatic heterocycles. The van der Waals surface area contributed by atoms with Crippen molar-refractivity contribution in [3.63, 3.8) is 0 Å². The highest BCUT2D eigenvalue weighted by Gasteiger charge is 2.30. The van der Waals surface area contributed by atoms with Crippen LogP contribution in [0.15, 0.2) is 46.9 Å². The third-order valence-corrected chi connectivity index (χ3v) is 5.70. The van der Waals surface area contributed by atoms with Crippen LogP contribution in [0.3, 0.4) is 0 Å². The minimum absolute atomic E-state index is 0.00612. The summed E-state index contributed by atoms with van der Waals surface area (Å²) in [6.07, 6.45) is 0.00612. The Bertz CT molecular complexity index is 1190. The highest BCUT2D eigenvalue weighted by atomic mass is 79.9. The fraction of sp³-hybridized carbons (Fsp3) is 0.261. The normalized spacial score (nSPS) is 11.9. The fourth-order valence-electron chi connectivity index (χ4n) is 3.81. The molecule has 1 aliphatic rings. The number of rotatable bonds is 6. The lowest BCUT2D eigenvalue weighted by atomic mass is 10.0. The number of nitrogens with zero attached hydrogens (tertiary/aromatic N) is 3. The Labute approximate surface area is 193 Å². The summed E-state index contributed by atoms with van der Waals surface area (Å²) in [5, 5.41) is 7.36. The van der Waals surface area contributed by atoms with Gasteiger partial charge in [-0.3, -0.25) is 19.2 Å². The van der Waals surface area contributed by atoms with Crippen LogP contribution in [-0.2, 0) is 29.7 Å². The van der Waals surface area contributed by atoms with E-state index in [1.165, 1.54) is 24.0 Å². The quantitative estimate of drug-likeness (QED) is 0.560. The molecule has 2 aromatic carbocycles. The fourth-order valence-corrected chi connectivity index (χ4v) is 4.17. The van der Waals surface area contributed by atoms with Gasteiger partial charge in [0.2, 0.25) is 11.8 Å². The van der Waals surface area contributed by atoms with Gasteiger partial charge in [0, 0.05) is 37.1 Å². The Morgan fingerprint density at radius 3 is 2.84 bits per heavy atom. The van der Waals surface area contributed by atoms with Crippen molar-refractivity contribution in [2.45, 2.75) is 20.0 Å². The number of hydrogen-bond donors (Lipinski definition) is 1. The Morgan fingerprint density at radius 1 is 1.28 bits per heavy atom. The lowest BCUT2D eigenvalue weighted by molar-refractivity contribution is -0.120. The van der Waals surface area contributed by atoms with Crippen LogP contribution in [0.5, 0.6) is 5.75 Å². The van der Waals surface area contributed by atoms with E-state index in [0.29, 0.717) is 11.4 Å². The molecule has 0 spiro atoms. The van der Waals surface area contributed by atoms with Gasteiger partial charge in [0.1, 0.15) is 18.2 Å². The zero-order valence-corrected chi connectivity index (χ0v) is 19.3.